The van der Waals surface area contributed by atoms with Gasteiger partial charge in [0.15, 0.2) is 6.29 Å². The van der Waals surface area contributed by atoms with Gasteiger partial charge in [-0.1, -0.05) is 60.2 Å². The maximum Gasteiger partial charge on any atom is 0.303 e. The highest BCUT2D eigenvalue weighted by molar-refractivity contribution is 6.31. The zero-order chi connectivity index (χ0) is 25.3. The van der Waals surface area contributed by atoms with Crippen molar-refractivity contribution in [2.24, 2.45) is 5.92 Å². The Morgan fingerprint density at radius 2 is 1.69 bits per heavy atom. The SMILES string of the molecule is COc1ccc(Oc2ccccc2[C@H]2O[C@@H](c3ccccc3Cl)OC[C@H]2CC=CCCC(=O)O)cc1. The summed E-state index contributed by atoms with van der Waals surface area (Å²) in [5.41, 5.74) is 1.67. The molecule has 0 aromatic heterocycles. The predicted octanol–water partition coefficient (Wildman–Crippen LogP) is 7.35. The Hall–Kier alpha value is -3.32. The first-order valence-electron chi connectivity index (χ1n) is 11.8. The average Bonchev–Trinajstić information content (AvgIpc) is 2.89. The summed E-state index contributed by atoms with van der Waals surface area (Å²) in [6, 6.07) is 22.7. The Morgan fingerprint density at radius 3 is 2.42 bits per heavy atom. The van der Waals surface area contributed by atoms with E-state index in [4.69, 9.17) is 35.7 Å². The number of hydrogen-bond acceptors (Lipinski definition) is 5. The molecule has 0 bridgehead atoms. The summed E-state index contributed by atoms with van der Waals surface area (Å²) in [7, 11) is 1.62. The minimum Gasteiger partial charge on any atom is -0.497 e. The van der Waals surface area contributed by atoms with Gasteiger partial charge in [-0.2, -0.15) is 0 Å². The van der Waals surface area contributed by atoms with Crippen LogP contribution >= 0.6 is 11.6 Å². The van der Waals surface area contributed by atoms with Gasteiger partial charge in [0.25, 0.3) is 0 Å². The molecular formula is C29H29ClO6. The van der Waals surface area contributed by atoms with Crippen molar-refractivity contribution in [2.45, 2.75) is 31.7 Å². The third-order valence-electron chi connectivity index (χ3n) is 5.96. The van der Waals surface area contributed by atoms with Crippen LogP contribution in [-0.4, -0.2) is 24.8 Å². The Morgan fingerprint density at radius 1 is 1.00 bits per heavy atom. The Kier molecular flexibility index (Phi) is 9.01. The normalized spacial score (nSPS) is 19.8. The molecule has 0 radical (unpaired) electrons. The van der Waals surface area contributed by atoms with Crippen molar-refractivity contribution in [2.75, 3.05) is 13.7 Å². The molecular weight excluding hydrogens is 480 g/mol. The van der Waals surface area contributed by atoms with Crippen molar-refractivity contribution in [1.29, 1.82) is 0 Å². The monoisotopic (exact) mass is 508 g/mol. The van der Waals surface area contributed by atoms with Crippen LogP contribution in [0.5, 0.6) is 17.2 Å². The fourth-order valence-corrected chi connectivity index (χ4v) is 4.33. The molecule has 3 atom stereocenters. The molecule has 1 aliphatic heterocycles. The van der Waals surface area contributed by atoms with Crippen molar-refractivity contribution < 1.29 is 28.8 Å². The van der Waals surface area contributed by atoms with Crippen LogP contribution in [0.1, 0.15) is 42.8 Å². The fraction of sp³-hybridized carbons (Fsp3) is 0.276. The highest BCUT2D eigenvalue weighted by Crippen LogP contribution is 2.44. The van der Waals surface area contributed by atoms with Gasteiger partial charge >= 0.3 is 5.97 Å². The second-order valence-electron chi connectivity index (χ2n) is 8.46. The number of benzene rings is 3. The number of para-hydroxylation sites is 1. The fourth-order valence-electron chi connectivity index (χ4n) is 4.11. The third-order valence-corrected chi connectivity index (χ3v) is 6.31. The lowest BCUT2D eigenvalue weighted by Gasteiger charge is -2.37. The first-order valence-corrected chi connectivity index (χ1v) is 12.2. The quantitative estimate of drug-likeness (QED) is 0.288. The van der Waals surface area contributed by atoms with Crippen LogP contribution in [0, 0.1) is 5.92 Å². The molecule has 1 fully saturated rings. The van der Waals surface area contributed by atoms with Crippen molar-refractivity contribution in [1.82, 2.24) is 0 Å². The first-order chi connectivity index (χ1) is 17.5. The van der Waals surface area contributed by atoms with E-state index in [1.165, 1.54) is 0 Å². The van der Waals surface area contributed by atoms with Gasteiger partial charge in [0.05, 0.1) is 19.8 Å². The molecule has 6 nitrogen and oxygen atoms in total. The molecule has 36 heavy (non-hydrogen) atoms. The van der Waals surface area contributed by atoms with Gasteiger partial charge in [-0.25, -0.2) is 0 Å². The summed E-state index contributed by atoms with van der Waals surface area (Å²) < 4.78 is 24.1. The lowest BCUT2D eigenvalue weighted by molar-refractivity contribution is -0.244. The van der Waals surface area contributed by atoms with Gasteiger partial charge in [-0.15, -0.1) is 0 Å². The van der Waals surface area contributed by atoms with Crippen molar-refractivity contribution in [3.63, 3.8) is 0 Å². The highest BCUT2D eigenvalue weighted by Gasteiger charge is 2.35. The summed E-state index contributed by atoms with van der Waals surface area (Å²) in [5.74, 6) is 1.30. The minimum absolute atomic E-state index is 0.00886. The summed E-state index contributed by atoms with van der Waals surface area (Å²) in [6.07, 6.45) is 4.18. The van der Waals surface area contributed by atoms with Gasteiger partial charge in [-0.3, -0.25) is 4.79 Å². The number of methoxy groups -OCH3 is 1. The highest BCUT2D eigenvalue weighted by atomic mass is 35.5. The predicted molar refractivity (Wildman–Crippen MR) is 138 cm³/mol. The van der Waals surface area contributed by atoms with Gasteiger partial charge < -0.3 is 24.1 Å². The Balaban J connectivity index is 1.60. The molecule has 7 heteroatoms. The van der Waals surface area contributed by atoms with Crippen molar-refractivity contribution in [3.8, 4) is 17.2 Å². The number of carbonyl (C=O) groups is 1. The summed E-state index contributed by atoms with van der Waals surface area (Å²) >= 11 is 6.44. The molecule has 1 saturated heterocycles. The molecule has 0 spiro atoms. The zero-order valence-electron chi connectivity index (χ0n) is 20.0. The van der Waals surface area contributed by atoms with E-state index in [1.54, 1.807) is 7.11 Å². The molecule has 0 saturated carbocycles. The van der Waals surface area contributed by atoms with E-state index in [2.05, 4.69) is 0 Å². The molecule has 1 aliphatic rings. The number of carboxylic acids is 1. The van der Waals surface area contributed by atoms with Gasteiger partial charge in [0.2, 0.25) is 0 Å². The van der Waals surface area contributed by atoms with Crippen molar-refractivity contribution >= 4 is 17.6 Å². The number of carboxylic acid groups (broad SMARTS) is 1. The second kappa shape index (κ2) is 12.6. The number of halogens is 1. The van der Waals surface area contributed by atoms with E-state index in [1.807, 2.05) is 84.9 Å². The third kappa shape index (κ3) is 6.66. The molecule has 3 aromatic rings. The Labute approximate surface area is 216 Å². The lowest BCUT2D eigenvalue weighted by Crippen LogP contribution is -2.30. The lowest BCUT2D eigenvalue weighted by atomic mass is 9.91. The van der Waals surface area contributed by atoms with E-state index < -0.39 is 12.3 Å². The van der Waals surface area contributed by atoms with Crippen molar-refractivity contribution in [3.05, 3.63) is 101 Å². The van der Waals surface area contributed by atoms with Crippen LogP contribution in [-0.2, 0) is 14.3 Å². The smallest absolute Gasteiger partial charge is 0.303 e. The van der Waals surface area contributed by atoms with Crippen LogP contribution in [0.15, 0.2) is 84.9 Å². The summed E-state index contributed by atoms with van der Waals surface area (Å²) in [5, 5.41) is 9.47. The average molecular weight is 509 g/mol. The number of hydrogen-bond donors (Lipinski definition) is 1. The molecule has 0 amide bonds. The molecule has 0 unspecified atom stereocenters. The van der Waals surface area contributed by atoms with Crippen LogP contribution in [0.3, 0.4) is 0 Å². The van der Waals surface area contributed by atoms with Gasteiger partial charge in [0, 0.05) is 28.5 Å². The van der Waals surface area contributed by atoms with Gasteiger partial charge in [0.1, 0.15) is 17.2 Å². The maximum absolute atomic E-state index is 10.8. The second-order valence-corrected chi connectivity index (χ2v) is 8.87. The minimum atomic E-state index is -0.811. The van der Waals surface area contributed by atoms with E-state index in [9.17, 15) is 4.79 Å². The first kappa shape index (κ1) is 25.8. The number of rotatable bonds is 10. The standard InChI is InChI=1S/C29H29ClO6/c1-33-21-15-17-22(18-16-21)35-26-13-8-6-11-24(26)28-20(9-3-2-4-14-27(31)32)19-34-29(36-28)23-10-5-7-12-25(23)30/h2-3,5-8,10-13,15-18,20,28-29H,4,9,14,19H2,1H3,(H,31,32)/t20-,28+,29+/m1/s1. The topological polar surface area (TPSA) is 74.2 Å². The number of aliphatic carboxylic acids is 1. The molecule has 1 heterocycles. The van der Waals surface area contributed by atoms with Crippen LogP contribution < -0.4 is 9.47 Å². The summed E-state index contributed by atoms with van der Waals surface area (Å²) in [4.78, 5) is 10.8. The Bertz CT molecular complexity index is 1180. The van der Waals surface area contributed by atoms with Crippen LogP contribution in [0.2, 0.25) is 5.02 Å². The van der Waals surface area contributed by atoms with Crippen LogP contribution in [0.4, 0.5) is 0 Å². The molecule has 188 valence electrons. The number of ether oxygens (including phenoxy) is 4. The van der Waals surface area contributed by atoms with E-state index in [0.717, 1.165) is 16.9 Å². The van der Waals surface area contributed by atoms with E-state index in [-0.39, 0.29) is 18.4 Å². The number of allylic oxidation sites excluding steroid dienone is 2. The van der Waals surface area contributed by atoms with E-state index in [0.29, 0.717) is 36.0 Å². The van der Waals surface area contributed by atoms with E-state index >= 15 is 0 Å². The molecule has 3 aromatic carbocycles. The molecule has 4 rings (SSSR count). The largest absolute Gasteiger partial charge is 0.497 e. The van der Waals surface area contributed by atoms with Crippen LogP contribution in [0.25, 0.3) is 0 Å². The molecule has 1 N–H and O–H groups in total. The summed E-state index contributed by atoms with van der Waals surface area (Å²) in [6.45, 7) is 0.445. The maximum atomic E-state index is 10.8. The zero-order valence-corrected chi connectivity index (χ0v) is 20.8. The molecule has 0 aliphatic carbocycles. The van der Waals surface area contributed by atoms with Gasteiger partial charge in [-0.05, 0) is 49.2 Å².